The molecule has 1 amide bonds. The highest BCUT2D eigenvalue weighted by Crippen LogP contribution is 2.24. The largest absolute Gasteiger partial charge is 0.494 e. The van der Waals surface area contributed by atoms with Crippen molar-refractivity contribution in [2.24, 2.45) is 0 Å². The lowest BCUT2D eigenvalue weighted by atomic mass is 9.92. The molecule has 138 valence electrons. The van der Waals surface area contributed by atoms with Crippen LogP contribution in [0.4, 0.5) is 5.82 Å². The number of hydrogen-bond acceptors (Lipinski definition) is 6. The van der Waals surface area contributed by atoms with Crippen molar-refractivity contribution in [3.05, 3.63) is 45.9 Å². The van der Waals surface area contributed by atoms with Gasteiger partial charge in [-0.1, -0.05) is 20.8 Å². The smallest absolute Gasteiger partial charge is 0.254 e. The number of carbonyl (C=O) groups is 1. The Morgan fingerprint density at radius 2 is 1.96 bits per heavy atom. The molecule has 0 saturated carbocycles. The highest BCUT2D eigenvalue weighted by molar-refractivity contribution is 5.94. The summed E-state index contributed by atoms with van der Waals surface area (Å²) in [5.41, 5.74) is 0.543. The van der Waals surface area contributed by atoms with Crippen molar-refractivity contribution in [3.63, 3.8) is 0 Å². The first-order valence-electron chi connectivity index (χ1n) is 8.45. The molecule has 0 spiro atoms. The number of hydrogen-bond donors (Lipinski definition) is 2. The van der Waals surface area contributed by atoms with E-state index in [1.54, 1.807) is 11.9 Å². The highest BCUT2D eigenvalue weighted by atomic mass is 16.3. The second-order valence-electron chi connectivity index (χ2n) is 7.62. The molecular weight excluding hydrogens is 334 g/mol. The quantitative estimate of drug-likeness (QED) is 0.854. The van der Waals surface area contributed by atoms with Crippen molar-refractivity contribution in [1.29, 1.82) is 0 Å². The number of nitrogens with one attached hydrogen (secondary N) is 1. The van der Waals surface area contributed by atoms with Crippen molar-refractivity contribution in [2.45, 2.75) is 32.2 Å². The van der Waals surface area contributed by atoms with E-state index < -0.39 is 5.56 Å². The van der Waals surface area contributed by atoms with Gasteiger partial charge in [0.15, 0.2) is 11.7 Å². The Morgan fingerprint density at radius 1 is 1.27 bits per heavy atom. The molecule has 2 aromatic rings. The fourth-order valence-electron chi connectivity index (χ4n) is 2.80. The minimum absolute atomic E-state index is 0.00743. The number of H-pyrrole nitrogens is 1. The van der Waals surface area contributed by atoms with Gasteiger partial charge >= 0.3 is 0 Å². The van der Waals surface area contributed by atoms with E-state index in [1.807, 2.05) is 17.0 Å². The van der Waals surface area contributed by atoms with Gasteiger partial charge in [-0.2, -0.15) is 5.10 Å². The predicted molar refractivity (Wildman–Crippen MR) is 97.6 cm³/mol. The molecule has 1 aliphatic rings. The molecule has 0 unspecified atom stereocenters. The van der Waals surface area contributed by atoms with E-state index in [2.05, 4.69) is 36.0 Å². The Labute approximate surface area is 151 Å². The minimum atomic E-state index is -0.508. The van der Waals surface area contributed by atoms with Gasteiger partial charge in [0.25, 0.3) is 11.5 Å². The van der Waals surface area contributed by atoms with Crippen LogP contribution in [0.1, 0.15) is 36.8 Å². The number of anilines is 1. The second-order valence-corrected chi connectivity index (χ2v) is 7.62. The molecule has 1 saturated heterocycles. The van der Waals surface area contributed by atoms with E-state index in [4.69, 9.17) is 0 Å². The average molecular weight is 357 g/mol. The molecular formula is C18H23N5O3. The summed E-state index contributed by atoms with van der Waals surface area (Å²) in [5.74, 6) is 0.160. The van der Waals surface area contributed by atoms with Crippen molar-refractivity contribution in [1.82, 2.24) is 20.1 Å². The molecule has 0 atom stereocenters. The molecule has 26 heavy (non-hydrogen) atoms. The van der Waals surface area contributed by atoms with E-state index in [9.17, 15) is 14.7 Å². The first-order chi connectivity index (χ1) is 12.1. The van der Waals surface area contributed by atoms with Gasteiger partial charge in [-0.15, -0.1) is 5.10 Å². The Kier molecular flexibility index (Phi) is 4.43. The first-order valence-corrected chi connectivity index (χ1v) is 8.45. The molecule has 3 rings (SSSR count). The van der Waals surface area contributed by atoms with Gasteiger partial charge in [-0.05, 0) is 12.1 Å². The van der Waals surface area contributed by atoms with Crippen molar-refractivity contribution in [2.75, 3.05) is 25.0 Å². The zero-order valence-corrected chi connectivity index (χ0v) is 15.4. The lowest BCUT2D eigenvalue weighted by molar-refractivity contribution is 0.0704. The van der Waals surface area contributed by atoms with Crippen LogP contribution in [0.25, 0.3) is 0 Å². The van der Waals surface area contributed by atoms with Crippen LogP contribution in [0.15, 0.2) is 29.1 Å². The number of carbonyl (C=O) groups excluding carboxylic acids is 1. The SMILES string of the molecule is CN(C(=O)c1cc(O)[nH]c(=O)c1)C1CN(c2ccc(C(C)(C)C)nn2)C1. The van der Waals surface area contributed by atoms with E-state index in [-0.39, 0.29) is 28.8 Å². The van der Waals surface area contributed by atoms with Crippen molar-refractivity contribution in [3.8, 4) is 5.88 Å². The van der Waals surface area contributed by atoms with Gasteiger partial charge in [-0.3, -0.25) is 14.6 Å². The minimum Gasteiger partial charge on any atom is -0.494 e. The van der Waals surface area contributed by atoms with E-state index in [0.717, 1.165) is 11.5 Å². The summed E-state index contributed by atoms with van der Waals surface area (Å²) in [6.45, 7) is 7.54. The molecule has 0 aliphatic carbocycles. The van der Waals surface area contributed by atoms with Crippen LogP contribution in [0.5, 0.6) is 5.88 Å². The zero-order chi connectivity index (χ0) is 19.1. The van der Waals surface area contributed by atoms with Crippen LogP contribution >= 0.6 is 0 Å². The van der Waals surface area contributed by atoms with Crippen LogP contribution in [0, 0.1) is 0 Å². The summed E-state index contributed by atoms with van der Waals surface area (Å²) in [4.78, 5) is 29.8. The molecule has 1 fully saturated rings. The maximum Gasteiger partial charge on any atom is 0.254 e. The Morgan fingerprint density at radius 3 is 2.50 bits per heavy atom. The number of aromatic amines is 1. The molecule has 8 heteroatoms. The van der Waals surface area contributed by atoms with Gasteiger partial charge < -0.3 is 14.9 Å². The number of likely N-dealkylation sites (N-methyl/N-ethyl adjacent to an activating group) is 1. The van der Waals surface area contributed by atoms with Gasteiger partial charge in [0.05, 0.1) is 17.3 Å². The molecule has 0 aromatic carbocycles. The highest BCUT2D eigenvalue weighted by Gasteiger charge is 2.34. The third-order valence-electron chi connectivity index (χ3n) is 4.55. The van der Waals surface area contributed by atoms with Crippen molar-refractivity contribution >= 4 is 11.7 Å². The van der Waals surface area contributed by atoms with Gasteiger partial charge in [0.1, 0.15) is 0 Å². The summed E-state index contributed by atoms with van der Waals surface area (Å²) in [5, 5.41) is 18.0. The number of aromatic hydroxyl groups is 1. The fourth-order valence-corrected chi connectivity index (χ4v) is 2.80. The predicted octanol–water partition coefficient (Wildman–Crippen LogP) is 1.13. The van der Waals surface area contributed by atoms with Crippen LogP contribution < -0.4 is 10.5 Å². The standard InChI is InChI=1S/C18H23N5O3/c1-18(2,3)13-5-6-14(21-20-13)23-9-12(10-23)22(4)17(26)11-7-15(24)19-16(25)8-11/h5-8,12H,9-10H2,1-4H3,(H2,19,24,25). The maximum atomic E-state index is 12.5. The van der Waals surface area contributed by atoms with E-state index >= 15 is 0 Å². The third kappa shape index (κ3) is 3.54. The van der Waals surface area contributed by atoms with Crippen LogP contribution in [0.3, 0.4) is 0 Å². The topological polar surface area (TPSA) is 102 Å². The first kappa shape index (κ1) is 17.9. The Hall–Kier alpha value is -2.90. The molecule has 2 aromatic heterocycles. The summed E-state index contributed by atoms with van der Waals surface area (Å²) >= 11 is 0. The fraction of sp³-hybridized carbons (Fsp3) is 0.444. The van der Waals surface area contributed by atoms with Crippen LogP contribution in [-0.2, 0) is 5.41 Å². The molecule has 0 bridgehead atoms. The molecule has 0 radical (unpaired) electrons. The van der Waals surface area contributed by atoms with Gasteiger partial charge in [-0.25, -0.2) is 0 Å². The second kappa shape index (κ2) is 6.44. The number of nitrogens with zero attached hydrogens (tertiary/aromatic N) is 4. The Bertz CT molecular complexity index is 864. The monoisotopic (exact) mass is 357 g/mol. The average Bonchev–Trinajstić information content (AvgIpc) is 2.51. The summed E-state index contributed by atoms with van der Waals surface area (Å²) < 4.78 is 0. The van der Waals surface area contributed by atoms with Gasteiger partial charge in [0.2, 0.25) is 0 Å². The summed E-state index contributed by atoms with van der Waals surface area (Å²) in [7, 11) is 1.69. The lowest BCUT2D eigenvalue weighted by Crippen LogP contribution is -2.60. The Balaban J connectivity index is 1.64. The molecule has 1 aliphatic heterocycles. The van der Waals surface area contributed by atoms with Crippen LogP contribution in [0.2, 0.25) is 0 Å². The number of rotatable bonds is 3. The third-order valence-corrected chi connectivity index (χ3v) is 4.55. The van der Waals surface area contributed by atoms with Crippen molar-refractivity contribution < 1.29 is 9.90 Å². The lowest BCUT2D eigenvalue weighted by Gasteiger charge is -2.44. The van der Waals surface area contributed by atoms with E-state index in [0.29, 0.717) is 13.1 Å². The molecule has 3 heterocycles. The summed E-state index contributed by atoms with van der Waals surface area (Å²) in [6.07, 6.45) is 0. The maximum absolute atomic E-state index is 12.5. The summed E-state index contributed by atoms with van der Waals surface area (Å²) in [6, 6.07) is 6.37. The molecule has 8 nitrogen and oxygen atoms in total. The van der Waals surface area contributed by atoms with Gasteiger partial charge in [0, 0.05) is 37.7 Å². The number of amides is 1. The number of aromatic nitrogens is 3. The number of pyridine rings is 1. The zero-order valence-electron chi connectivity index (χ0n) is 15.4. The van der Waals surface area contributed by atoms with Crippen LogP contribution in [-0.4, -0.2) is 57.3 Å². The van der Waals surface area contributed by atoms with E-state index in [1.165, 1.54) is 12.1 Å². The molecule has 2 N–H and O–H groups in total. The normalized spacial score (nSPS) is 14.8.